The number of unbranched alkanes of at least 4 members (excludes halogenated alkanes) is 1. The first-order valence-electron chi connectivity index (χ1n) is 6.16. The second-order valence-corrected chi connectivity index (χ2v) is 4.65. The predicted molar refractivity (Wildman–Crippen MR) is 65.0 cm³/mol. The highest BCUT2D eigenvalue weighted by Crippen LogP contribution is 2.35. The molecule has 2 atom stereocenters. The van der Waals surface area contributed by atoms with Gasteiger partial charge in [-0.1, -0.05) is 44.0 Å². The molecule has 1 aromatic carbocycles. The lowest BCUT2D eigenvalue weighted by atomic mass is 9.90. The summed E-state index contributed by atoms with van der Waals surface area (Å²) in [6.45, 7) is 2.23. The fourth-order valence-electron chi connectivity index (χ4n) is 2.68. The third-order valence-electron chi connectivity index (χ3n) is 3.59. The lowest BCUT2D eigenvalue weighted by Crippen LogP contribution is -2.26. The van der Waals surface area contributed by atoms with Gasteiger partial charge in [0, 0.05) is 6.04 Å². The van der Waals surface area contributed by atoms with Crippen molar-refractivity contribution in [3.8, 4) is 0 Å². The van der Waals surface area contributed by atoms with E-state index in [1.54, 1.807) is 0 Å². The van der Waals surface area contributed by atoms with E-state index in [0.717, 1.165) is 0 Å². The molecule has 0 saturated heterocycles. The van der Waals surface area contributed by atoms with Gasteiger partial charge in [0.25, 0.3) is 0 Å². The van der Waals surface area contributed by atoms with E-state index in [0.29, 0.717) is 12.0 Å². The maximum Gasteiger partial charge on any atom is 0.0108 e. The number of rotatable bonds is 4. The Kier molecular flexibility index (Phi) is 3.42. The Labute approximate surface area is 92.7 Å². The maximum absolute atomic E-state index is 6.28. The van der Waals surface area contributed by atoms with Gasteiger partial charge in [-0.15, -0.1) is 0 Å². The summed E-state index contributed by atoms with van der Waals surface area (Å²) < 4.78 is 0. The third-order valence-corrected chi connectivity index (χ3v) is 3.59. The van der Waals surface area contributed by atoms with Gasteiger partial charge in [0.05, 0.1) is 0 Å². The van der Waals surface area contributed by atoms with E-state index >= 15 is 0 Å². The van der Waals surface area contributed by atoms with Gasteiger partial charge < -0.3 is 5.73 Å². The molecule has 1 aliphatic carbocycles. The van der Waals surface area contributed by atoms with Crippen LogP contribution in [0.4, 0.5) is 0 Å². The van der Waals surface area contributed by atoms with Gasteiger partial charge in [0.2, 0.25) is 0 Å². The van der Waals surface area contributed by atoms with E-state index in [-0.39, 0.29) is 0 Å². The number of benzene rings is 1. The van der Waals surface area contributed by atoms with Crippen LogP contribution in [-0.4, -0.2) is 6.04 Å². The highest BCUT2D eigenvalue weighted by molar-refractivity contribution is 5.35. The molecule has 0 heterocycles. The van der Waals surface area contributed by atoms with Crippen LogP contribution in [0.2, 0.25) is 0 Å². The fraction of sp³-hybridized carbons (Fsp3) is 0.571. The quantitative estimate of drug-likeness (QED) is 0.798. The van der Waals surface area contributed by atoms with Crippen LogP contribution in [0.3, 0.4) is 0 Å². The number of hydrogen-bond donors (Lipinski definition) is 1. The number of nitrogens with two attached hydrogens (primary N) is 1. The number of fused-ring (bicyclic) bond motifs is 1. The average Bonchev–Trinajstić information content (AvgIpc) is 2.69. The highest BCUT2D eigenvalue weighted by Gasteiger charge is 2.26. The largest absolute Gasteiger partial charge is 0.327 e. The molecule has 0 bridgehead atoms. The summed E-state index contributed by atoms with van der Waals surface area (Å²) in [6.07, 6.45) is 6.17. The molecule has 2 rings (SSSR count). The molecule has 2 unspecified atom stereocenters. The van der Waals surface area contributed by atoms with Crippen molar-refractivity contribution in [1.82, 2.24) is 0 Å². The molecule has 0 radical (unpaired) electrons. The van der Waals surface area contributed by atoms with Crippen LogP contribution in [0.5, 0.6) is 0 Å². The summed E-state index contributed by atoms with van der Waals surface area (Å²) in [5.74, 6) is 0.618. The molecule has 0 spiro atoms. The van der Waals surface area contributed by atoms with E-state index in [1.807, 2.05) is 0 Å². The van der Waals surface area contributed by atoms with Crippen molar-refractivity contribution in [3.05, 3.63) is 35.4 Å². The van der Waals surface area contributed by atoms with Crippen molar-refractivity contribution < 1.29 is 0 Å². The molecule has 0 aromatic heterocycles. The van der Waals surface area contributed by atoms with Crippen molar-refractivity contribution in [1.29, 1.82) is 0 Å². The average molecular weight is 203 g/mol. The van der Waals surface area contributed by atoms with E-state index in [2.05, 4.69) is 31.2 Å². The van der Waals surface area contributed by atoms with Crippen LogP contribution in [0.25, 0.3) is 0 Å². The minimum absolute atomic E-state index is 0.369. The van der Waals surface area contributed by atoms with Crippen molar-refractivity contribution in [2.75, 3.05) is 0 Å². The summed E-state index contributed by atoms with van der Waals surface area (Å²) in [5.41, 5.74) is 9.32. The predicted octanol–water partition coefficient (Wildman–Crippen LogP) is 3.23. The Balaban J connectivity index is 2.06. The van der Waals surface area contributed by atoms with Gasteiger partial charge in [0.1, 0.15) is 0 Å². The van der Waals surface area contributed by atoms with Gasteiger partial charge in [-0.05, 0) is 36.3 Å². The van der Waals surface area contributed by atoms with Crippen molar-refractivity contribution >= 4 is 0 Å². The molecule has 0 fully saturated rings. The molecule has 82 valence electrons. The zero-order valence-electron chi connectivity index (χ0n) is 9.58. The number of hydrogen-bond acceptors (Lipinski definition) is 1. The molecule has 1 aliphatic rings. The molecule has 1 aromatic rings. The smallest absolute Gasteiger partial charge is 0.0108 e. The highest BCUT2D eigenvalue weighted by atomic mass is 14.7. The van der Waals surface area contributed by atoms with Crippen molar-refractivity contribution in [2.24, 2.45) is 5.73 Å². The first-order valence-corrected chi connectivity index (χ1v) is 6.16. The SMILES string of the molecule is CCCCC(N)C1CCc2ccccc21. The van der Waals surface area contributed by atoms with Crippen LogP contribution < -0.4 is 5.73 Å². The minimum Gasteiger partial charge on any atom is -0.327 e. The maximum atomic E-state index is 6.28. The standard InChI is InChI=1S/C14H21N/c1-2-3-8-14(15)13-10-9-11-6-4-5-7-12(11)13/h4-7,13-14H,2-3,8-10,15H2,1H3. The van der Waals surface area contributed by atoms with Crippen LogP contribution in [-0.2, 0) is 6.42 Å². The monoisotopic (exact) mass is 203 g/mol. The van der Waals surface area contributed by atoms with Crippen LogP contribution in [0.1, 0.15) is 49.7 Å². The molecule has 0 saturated carbocycles. The third kappa shape index (κ3) is 2.23. The molecule has 15 heavy (non-hydrogen) atoms. The van der Waals surface area contributed by atoms with Crippen LogP contribution >= 0.6 is 0 Å². The first kappa shape index (κ1) is 10.7. The van der Waals surface area contributed by atoms with E-state index < -0.39 is 0 Å². The molecular weight excluding hydrogens is 182 g/mol. The zero-order valence-corrected chi connectivity index (χ0v) is 9.58. The summed E-state index contributed by atoms with van der Waals surface area (Å²) in [6, 6.07) is 9.16. The van der Waals surface area contributed by atoms with Gasteiger partial charge in [-0.3, -0.25) is 0 Å². The van der Waals surface area contributed by atoms with Crippen molar-refractivity contribution in [2.45, 2.75) is 51.0 Å². The molecule has 0 aliphatic heterocycles. The lowest BCUT2D eigenvalue weighted by molar-refractivity contribution is 0.480. The molecule has 0 amide bonds. The van der Waals surface area contributed by atoms with Gasteiger partial charge in [-0.25, -0.2) is 0 Å². The molecule has 1 heteroatoms. The summed E-state index contributed by atoms with van der Waals surface area (Å²) in [7, 11) is 0. The van der Waals surface area contributed by atoms with Crippen molar-refractivity contribution in [3.63, 3.8) is 0 Å². The second kappa shape index (κ2) is 4.80. The van der Waals surface area contributed by atoms with E-state index in [9.17, 15) is 0 Å². The molecule has 1 nitrogen and oxygen atoms in total. The van der Waals surface area contributed by atoms with E-state index in [1.165, 1.54) is 43.2 Å². The zero-order chi connectivity index (χ0) is 10.7. The first-order chi connectivity index (χ1) is 7.33. The Morgan fingerprint density at radius 1 is 1.40 bits per heavy atom. The topological polar surface area (TPSA) is 26.0 Å². The second-order valence-electron chi connectivity index (χ2n) is 4.65. The minimum atomic E-state index is 0.369. The lowest BCUT2D eigenvalue weighted by Gasteiger charge is -2.19. The fourth-order valence-corrected chi connectivity index (χ4v) is 2.68. The normalized spacial score (nSPS) is 21.3. The molecule has 2 N–H and O–H groups in total. The Morgan fingerprint density at radius 3 is 3.00 bits per heavy atom. The Bertz CT molecular complexity index is 319. The van der Waals surface area contributed by atoms with Crippen LogP contribution in [0.15, 0.2) is 24.3 Å². The Hall–Kier alpha value is -0.820. The Morgan fingerprint density at radius 2 is 2.20 bits per heavy atom. The van der Waals surface area contributed by atoms with Gasteiger partial charge >= 0.3 is 0 Å². The summed E-state index contributed by atoms with van der Waals surface area (Å²) in [4.78, 5) is 0. The summed E-state index contributed by atoms with van der Waals surface area (Å²) in [5, 5.41) is 0. The van der Waals surface area contributed by atoms with Gasteiger partial charge in [0.15, 0.2) is 0 Å². The summed E-state index contributed by atoms with van der Waals surface area (Å²) >= 11 is 0. The van der Waals surface area contributed by atoms with Crippen LogP contribution in [0, 0.1) is 0 Å². The molecular formula is C14H21N. The van der Waals surface area contributed by atoms with E-state index in [4.69, 9.17) is 5.73 Å². The van der Waals surface area contributed by atoms with Gasteiger partial charge in [-0.2, -0.15) is 0 Å². The number of aryl methyl sites for hydroxylation is 1.